The van der Waals surface area contributed by atoms with Gasteiger partial charge >= 0.3 is 0 Å². The van der Waals surface area contributed by atoms with Gasteiger partial charge in [-0.2, -0.15) is 0 Å². The van der Waals surface area contributed by atoms with Crippen LogP contribution in [-0.2, 0) is 11.2 Å². The highest BCUT2D eigenvalue weighted by Gasteiger charge is 2.29. The third kappa shape index (κ3) is 4.55. The van der Waals surface area contributed by atoms with Crippen LogP contribution in [0.15, 0.2) is 28.0 Å². The lowest BCUT2D eigenvalue weighted by molar-refractivity contribution is -0.120. The molecule has 0 aliphatic heterocycles. The molecular weight excluding hydrogens is 371 g/mol. The Labute approximate surface area is 159 Å². The number of nitrogens with zero attached hydrogens (tertiary/aromatic N) is 3. The minimum absolute atomic E-state index is 0.0273. The Morgan fingerprint density at radius 3 is 2.93 bits per heavy atom. The van der Waals surface area contributed by atoms with E-state index in [-0.39, 0.29) is 48.2 Å². The van der Waals surface area contributed by atoms with Gasteiger partial charge < -0.3 is 26.3 Å². The standard InChI is InChI=1S/C17H21FN6O4/c1-17(2,26)8-20-13(25)7-19-15-14(23-28-24-15)16(22-27)21-12-5-9-3-4-10(18)6-11(9)12/h3-4,6,12,26-27H,5,7-8H2,1-2H3,(H,19,24)(H,20,25)(H,21,22). The Bertz CT molecular complexity index is 892. The number of benzene rings is 1. The number of nitrogens with one attached hydrogen (secondary N) is 3. The van der Waals surface area contributed by atoms with Gasteiger partial charge in [0.15, 0.2) is 11.5 Å². The number of rotatable bonds is 7. The van der Waals surface area contributed by atoms with Gasteiger partial charge in [-0.1, -0.05) is 11.2 Å². The van der Waals surface area contributed by atoms with Gasteiger partial charge in [0.1, 0.15) is 5.82 Å². The van der Waals surface area contributed by atoms with Gasteiger partial charge in [0.05, 0.1) is 18.2 Å². The molecule has 11 heteroatoms. The third-order valence-corrected chi connectivity index (χ3v) is 4.17. The van der Waals surface area contributed by atoms with Crippen LogP contribution in [0.1, 0.15) is 36.7 Å². The number of amides is 1. The van der Waals surface area contributed by atoms with Crippen molar-refractivity contribution in [2.75, 3.05) is 18.4 Å². The topological polar surface area (TPSA) is 145 Å². The average molecular weight is 392 g/mol. The van der Waals surface area contributed by atoms with Gasteiger partial charge in [0.2, 0.25) is 11.7 Å². The van der Waals surface area contributed by atoms with Crippen LogP contribution in [0.2, 0.25) is 0 Å². The summed E-state index contributed by atoms with van der Waals surface area (Å²) >= 11 is 0. The van der Waals surface area contributed by atoms with Crippen LogP contribution in [0, 0.1) is 5.82 Å². The van der Waals surface area contributed by atoms with Crippen LogP contribution in [0.3, 0.4) is 0 Å². The van der Waals surface area contributed by atoms with E-state index < -0.39 is 5.60 Å². The number of fused-ring (bicyclic) bond motifs is 1. The second kappa shape index (κ2) is 7.80. The number of carbonyl (C=O) groups excluding carboxylic acids is 1. The summed E-state index contributed by atoms with van der Waals surface area (Å²) in [6.07, 6.45) is 0.627. The molecule has 150 valence electrons. The van der Waals surface area contributed by atoms with Crippen molar-refractivity contribution in [2.45, 2.75) is 31.9 Å². The van der Waals surface area contributed by atoms with Gasteiger partial charge in [-0.15, -0.1) is 0 Å². The van der Waals surface area contributed by atoms with Crippen molar-refractivity contribution in [3.05, 3.63) is 40.8 Å². The van der Waals surface area contributed by atoms with Crippen LogP contribution < -0.4 is 16.0 Å². The maximum absolute atomic E-state index is 13.4. The molecule has 1 amide bonds. The number of halogens is 1. The highest BCUT2D eigenvalue weighted by molar-refractivity contribution is 6.01. The largest absolute Gasteiger partial charge is 0.409 e. The Morgan fingerprint density at radius 2 is 2.21 bits per heavy atom. The lowest BCUT2D eigenvalue weighted by Gasteiger charge is -2.31. The number of aromatic nitrogens is 2. The fraction of sp³-hybridized carbons (Fsp3) is 0.412. The second-order valence-electron chi connectivity index (χ2n) is 7.10. The minimum atomic E-state index is -1.03. The van der Waals surface area contributed by atoms with E-state index in [1.165, 1.54) is 12.1 Å². The molecule has 0 fully saturated rings. The molecule has 1 unspecified atom stereocenters. The first-order valence-electron chi connectivity index (χ1n) is 8.59. The number of oxime groups is 1. The molecule has 2 aromatic rings. The number of amidine groups is 1. The molecule has 1 aromatic heterocycles. The number of aliphatic hydroxyl groups is 1. The SMILES string of the molecule is CC(C)(O)CNC(=O)CNc1nonc1/C(=N/O)NC1Cc2ccc(F)cc21. The molecule has 0 radical (unpaired) electrons. The summed E-state index contributed by atoms with van der Waals surface area (Å²) in [5.74, 6) is -0.664. The van der Waals surface area contributed by atoms with Gasteiger partial charge in [0, 0.05) is 6.54 Å². The highest BCUT2D eigenvalue weighted by Crippen LogP contribution is 2.33. The molecular formula is C17H21FN6O4. The first-order chi connectivity index (χ1) is 13.3. The summed E-state index contributed by atoms with van der Waals surface area (Å²) < 4.78 is 18.1. The second-order valence-corrected chi connectivity index (χ2v) is 7.10. The molecule has 1 atom stereocenters. The van der Waals surface area contributed by atoms with Crippen molar-refractivity contribution in [3.8, 4) is 0 Å². The van der Waals surface area contributed by atoms with E-state index in [9.17, 15) is 19.5 Å². The van der Waals surface area contributed by atoms with Crippen molar-refractivity contribution >= 4 is 17.6 Å². The first-order valence-corrected chi connectivity index (χ1v) is 8.59. The van der Waals surface area contributed by atoms with Crippen LogP contribution in [0.25, 0.3) is 0 Å². The molecule has 5 N–H and O–H groups in total. The molecule has 1 heterocycles. The average Bonchev–Trinajstić information content (AvgIpc) is 3.09. The number of anilines is 1. The molecule has 1 aliphatic carbocycles. The Morgan fingerprint density at radius 1 is 1.43 bits per heavy atom. The van der Waals surface area contributed by atoms with E-state index in [0.717, 1.165) is 11.1 Å². The zero-order valence-corrected chi connectivity index (χ0v) is 15.4. The van der Waals surface area contributed by atoms with Crippen LogP contribution in [0.4, 0.5) is 10.2 Å². The van der Waals surface area contributed by atoms with Gasteiger partial charge in [-0.25, -0.2) is 9.02 Å². The zero-order chi connectivity index (χ0) is 20.3. The maximum Gasteiger partial charge on any atom is 0.239 e. The van der Waals surface area contributed by atoms with E-state index in [1.807, 2.05) is 0 Å². The van der Waals surface area contributed by atoms with Gasteiger partial charge in [0.25, 0.3) is 0 Å². The van der Waals surface area contributed by atoms with E-state index >= 15 is 0 Å². The quantitative estimate of drug-likeness (QED) is 0.199. The van der Waals surface area contributed by atoms with Crippen molar-refractivity contribution in [3.63, 3.8) is 0 Å². The Kier molecular flexibility index (Phi) is 5.45. The summed E-state index contributed by atoms with van der Waals surface area (Å²) in [7, 11) is 0. The van der Waals surface area contributed by atoms with Crippen LogP contribution in [-0.4, -0.2) is 51.1 Å². The van der Waals surface area contributed by atoms with E-state index in [4.69, 9.17) is 0 Å². The van der Waals surface area contributed by atoms with Gasteiger partial charge in [-0.3, -0.25) is 4.79 Å². The molecule has 0 saturated carbocycles. The third-order valence-electron chi connectivity index (χ3n) is 4.17. The normalized spacial score (nSPS) is 16.1. The first kappa shape index (κ1) is 19.5. The summed E-state index contributed by atoms with van der Waals surface area (Å²) in [6.45, 7) is 3.06. The summed E-state index contributed by atoms with van der Waals surface area (Å²) in [5.41, 5.74) is 0.798. The number of hydrogen-bond acceptors (Lipinski definition) is 8. The predicted molar refractivity (Wildman–Crippen MR) is 96.4 cm³/mol. The van der Waals surface area contributed by atoms with Crippen LogP contribution >= 0.6 is 0 Å². The lowest BCUT2D eigenvalue weighted by atomic mass is 9.83. The smallest absolute Gasteiger partial charge is 0.239 e. The molecule has 3 rings (SSSR count). The number of hydrogen-bond donors (Lipinski definition) is 5. The van der Waals surface area contributed by atoms with Crippen molar-refractivity contribution in [2.24, 2.45) is 5.16 Å². The lowest BCUT2D eigenvalue weighted by Crippen LogP contribution is -2.40. The van der Waals surface area contributed by atoms with E-state index in [1.54, 1.807) is 19.9 Å². The van der Waals surface area contributed by atoms with Crippen LogP contribution in [0.5, 0.6) is 0 Å². The molecule has 0 saturated heterocycles. The summed E-state index contributed by atoms with van der Waals surface area (Å²) in [5, 5.41) is 37.7. The highest BCUT2D eigenvalue weighted by atomic mass is 19.1. The molecule has 0 spiro atoms. The monoisotopic (exact) mass is 392 g/mol. The minimum Gasteiger partial charge on any atom is -0.409 e. The fourth-order valence-corrected chi connectivity index (χ4v) is 2.71. The molecule has 1 aromatic carbocycles. The van der Waals surface area contributed by atoms with Crippen molar-refractivity contribution in [1.82, 2.24) is 20.9 Å². The Balaban J connectivity index is 1.61. The molecule has 10 nitrogen and oxygen atoms in total. The summed E-state index contributed by atoms with van der Waals surface area (Å²) in [4.78, 5) is 11.8. The van der Waals surface area contributed by atoms with Gasteiger partial charge in [-0.05, 0) is 53.8 Å². The van der Waals surface area contributed by atoms with Crippen molar-refractivity contribution in [1.29, 1.82) is 0 Å². The Hall–Kier alpha value is -3.21. The zero-order valence-electron chi connectivity index (χ0n) is 15.4. The predicted octanol–water partition coefficient (Wildman–Crippen LogP) is 0.531. The fourth-order valence-electron chi connectivity index (χ4n) is 2.71. The number of carbonyl (C=O) groups is 1. The molecule has 1 aliphatic rings. The maximum atomic E-state index is 13.4. The van der Waals surface area contributed by atoms with Crippen molar-refractivity contribution < 1.29 is 24.1 Å². The van der Waals surface area contributed by atoms with E-state index in [2.05, 4.69) is 36.0 Å². The molecule has 28 heavy (non-hydrogen) atoms. The van der Waals surface area contributed by atoms with E-state index in [0.29, 0.717) is 6.42 Å². The molecule has 0 bridgehead atoms. The summed E-state index contributed by atoms with van der Waals surface area (Å²) in [6, 6.07) is 4.26.